The highest BCUT2D eigenvalue weighted by molar-refractivity contribution is 7.92. The number of hydrogen-bond acceptors (Lipinski definition) is 5. The van der Waals surface area contributed by atoms with Gasteiger partial charge in [0.05, 0.1) is 16.1 Å². The van der Waals surface area contributed by atoms with Crippen molar-refractivity contribution in [2.75, 3.05) is 10.0 Å². The van der Waals surface area contributed by atoms with E-state index in [0.717, 1.165) is 11.1 Å². The van der Waals surface area contributed by atoms with Crippen LogP contribution in [-0.4, -0.2) is 29.5 Å². The third-order valence-corrected chi connectivity index (χ3v) is 5.69. The summed E-state index contributed by atoms with van der Waals surface area (Å²) in [6.45, 7) is 1.85. The molecule has 2 aromatic heterocycles. The number of carbonyl (C=O) groups is 1. The number of nitrogens with one attached hydrogen (secondary N) is 3. The number of hydrogen-bond donors (Lipinski definition) is 3. The number of rotatable bonds is 5. The average Bonchev–Trinajstić information content (AvgIpc) is 3.09. The monoisotopic (exact) mass is 407 g/mol. The van der Waals surface area contributed by atoms with Crippen molar-refractivity contribution in [2.24, 2.45) is 0 Å². The summed E-state index contributed by atoms with van der Waals surface area (Å²) in [5.41, 5.74) is 2.52. The Morgan fingerprint density at radius 3 is 2.55 bits per heavy atom. The zero-order valence-electron chi connectivity index (χ0n) is 15.4. The first-order chi connectivity index (χ1) is 13.9. The fourth-order valence-corrected chi connectivity index (χ4v) is 3.89. The van der Waals surface area contributed by atoms with E-state index in [0.29, 0.717) is 22.6 Å². The van der Waals surface area contributed by atoms with E-state index in [-0.39, 0.29) is 10.8 Å². The molecular formula is C20H17N5O3S. The minimum atomic E-state index is -3.72. The second-order valence-corrected chi connectivity index (χ2v) is 8.08. The number of nitrogens with zero attached hydrogens (tertiary/aromatic N) is 2. The first-order valence-electron chi connectivity index (χ1n) is 8.72. The van der Waals surface area contributed by atoms with E-state index >= 15 is 0 Å². The molecule has 0 radical (unpaired) electrons. The van der Waals surface area contributed by atoms with Gasteiger partial charge in [-0.05, 0) is 43.3 Å². The van der Waals surface area contributed by atoms with Gasteiger partial charge in [0.15, 0.2) is 5.65 Å². The van der Waals surface area contributed by atoms with Crippen LogP contribution >= 0.6 is 0 Å². The summed E-state index contributed by atoms with van der Waals surface area (Å²) in [6, 6.07) is 16.3. The number of pyridine rings is 1. The minimum Gasteiger partial charge on any atom is -0.322 e. The molecule has 4 rings (SSSR count). The molecular weight excluding hydrogens is 390 g/mol. The first kappa shape index (κ1) is 18.6. The highest BCUT2D eigenvalue weighted by Gasteiger charge is 2.14. The molecule has 2 aromatic carbocycles. The molecule has 4 aromatic rings. The highest BCUT2D eigenvalue weighted by atomic mass is 32.2. The van der Waals surface area contributed by atoms with Crippen LogP contribution in [0.1, 0.15) is 16.1 Å². The molecule has 2 heterocycles. The Kier molecular flexibility index (Phi) is 4.73. The van der Waals surface area contributed by atoms with Gasteiger partial charge in [-0.3, -0.25) is 14.6 Å². The maximum absolute atomic E-state index is 12.6. The molecule has 9 heteroatoms. The van der Waals surface area contributed by atoms with Crippen LogP contribution in [0.3, 0.4) is 0 Å². The Morgan fingerprint density at radius 2 is 1.76 bits per heavy atom. The van der Waals surface area contributed by atoms with Crippen molar-refractivity contribution in [1.82, 2.24) is 15.2 Å². The van der Waals surface area contributed by atoms with Crippen LogP contribution < -0.4 is 10.0 Å². The third kappa shape index (κ3) is 3.94. The summed E-state index contributed by atoms with van der Waals surface area (Å²) >= 11 is 0. The molecule has 146 valence electrons. The van der Waals surface area contributed by atoms with Gasteiger partial charge in [-0.25, -0.2) is 13.4 Å². The smallest absolute Gasteiger partial charge is 0.261 e. The topological polar surface area (TPSA) is 117 Å². The van der Waals surface area contributed by atoms with E-state index in [2.05, 4.69) is 25.2 Å². The fourth-order valence-electron chi connectivity index (χ4n) is 2.82. The zero-order valence-corrected chi connectivity index (χ0v) is 16.2. The molecule has 0 aliphatic heterocycles. The van der Waals surface area contributed by atoms with Gasteiger partial charge in [-0.1, -0.05) is 24.3 Å². The minimum absolute atomic E-state index is 0.157. The lowest BCUT2D eigenvalue weighted by molar-refractivity contribution is 0.102. The summed E-state index contributed by atoms with van der Waals surface area (Å²) in [5.74, 6) is -0.358. The molecule has 0 aliphatic rings. The van der Waals surface area contributed by atoms with Crippen LogP contribution in [0.25, 0.3) is 11.0 Å². The van der Waals surface area contributed by atoms with E-state index in [1.807, 2.05) is 6.92 Å². The lowest BCUT2D eigenvalue weighted by Gasteiger charge is -2.10. The Hall–Kier alpha value is -3.72. The molecule has 0 saturated carbocycles. The number of carbonyl (C=O) groups excluding carboxylic acids is 1. The third-order valence-electron chi connectivity index (χ3n) is 4.29. The molecule has 3 N–H and O–H groups in total. The summed E-state index contributed by atoms with van der Waals surface area (Å²) in [4.78, 5) is 16.9. The maximum Gasteiger partial charge on any atom is 0.261 e. The highest BCUT2D eigenvalue weighted by Crippen LogP contribution is 2.21. The van der Waals surface area contributed by atoms with Crippen molar-refractivity contribution < 1.29 is 13.2 Å². The van der Waals surface area contributed by atoms with Crippen molar-refractivity contribution >= 4 is 38.3 Å². The zero-order chi connectivity index (χ0) is 20.4. The quantitative estimate of drug-likeness (QED) is 0.469. The van der Waals surface area contributed by atoms with Crippen LogP contribution in [-0.2, 0) is 10.0 Å². The number of aryl methyl sites for hydroxylation is 1. The summed E-state index contributed by atoms with van der Waals surface area (Å²) in [7, 11) is -3.72. The van der Waals surface area contributed by atoms with Crippen molar-refractivity contribution in [3.8, 4) is 0 Å². The molecule has 0 atom stereocenters. The number of aromatic nitrogens is 3. The van der Waals surface area contributed by atoms with Crippen molar-refractivity contribution in [3.63, 3.8) is 0 Å². The first-order valence-corrected chi connectivity index (χ1v) is 10.2. The molecule has 1 amide bonds. The molecule has 0 spiro atoms. The standard InChI is InChI=1S/C20H17N5O3S/c1-13-18-10-14(12-21-19(18)24-23-13)20(26)22-15-6-5-7-16(11-15)25-29(27,28)17-8-3-2-4-9-17/h2-12,25H,1H3,(H,22,26)(H,21,23,24). The Bertz CT molecular complexity index is 1300. The van der Waals surface area contributed by atoms with Gasteiger partial charge in [0.25, 0.3) is 15.9 Å². The number of fused-ring (bicyclic) bond motifs is 1. The SMILES string of the molecule is Cc1[nH]nc2ncc(C(=O)Nc3cccc(NS(=O)(=O)c4ccccc4)c3)cc12. The van der Waals surface area contributed by atoms with Crippen molar-refractivity contribution in [2.45, 2.75) is 11.8 Å². The Labute approximate surface area is 167 Å². The second kappa shape index (κ2) is 7.36. The fraction of sp³-hybridized carbons (Fsp3) is 0.0500. The van der Waals surface area contributed by atoms with Crippen LogP contribution in [0.2, 0.25) is 0 Å². The predicted molar refractivity (Wildman–Crippen MR) is 110 cm³/mol. The Morgan fingerprint density at radius 1 is 1.00 bits per heavy atom. The van der Waals surface area contributed by atoms with E-state index < -0.39 is 10.0 Å². The Balaban J connectivity index is 1.54. The van der Waals surface area contributed by atoms with E-state index in [1.54, 1.807) is 48.5 Å². The normalized spacial score (nSPS) is 11.3. The van der Waals surface area contributed by atoms with Gasteiger partial charge in [-0.15, -0.1) is 0 Å². The maximum atomic E-state index is 12.6. The van der Waals surface area contributed by atoms with Gasteiger partial charge in [0.2, 0.25) is 0 Å². The molecule has 0 bridgehead atoms. The van der Waals surface area contributed by atoms with Gasteiger partial charge in [0, 0.05) is 23.0 Å². The van der Waals surface area contributed by atoms with Crippen LogP contribution in [0.15, 0.2) is 71.8 Å². The second-order valence-electron chi connectivity index (χ2n) is 6.40. The largest absolute Gasteiger partial charge is 0.322 e. The number of H-pyrrole nitrogens is 1. The van der Waals surface area contributed by atoms with E-state index in [1.165, 1.54) is 18.3 Å². The lowest BCUT2D eigenvalue weighted by Crippen LogP contribution is -2.14. The molecule has 0 aliphatic carbocycles. The van der Waals surface area contributed by atoms with Crippen LogP contribution in [0, 0.1) is 6.92 Å². The number of aromatic amines is 1. The number of anilines is 2. The van der Waals surface area contributed by atoms with Gasteiger partial charge in [-0.2, -0.15) is 5.10 Å². The average molecular weight is 407 g/mol. The van der Waals surface area contributed by atoms with Crippen LogP contribution in [0.4, 0.5) is 11.4 Å². The number of sulfonamides is 1. The summed E-state index contributed by atoms with van der Waals surface area (Å²) < 4.78 is 27.5. The molecule has 29 heavy (non-hydrogen) atoms. The predicted octanol–water partition coefficient (Wildman–Crippen LogP) is 3.32. The number of benzene rings is 2. The van der Waals surface area contributed by atoms with Crippen molar-refractivity contribution in [3.05, 3.63) is 78.1 Å². The van der Waals surface area contributed by atoms with Crippen molar-refractivity contribution in [1.29, 1.82) is 0 Å². The molecule has 0 unspecified atom stereocenters. The molecule has 0 fully saturated rings. The number of amides is 1. The molecule has 8 nitrogen and oxygen atoms in total. The summed E-state index contributed by atoms with van der Waals surface area (Å²) in [5, 5.41) is 10.4. The van der Waals surface area contributed by atoms with E-state index in [4.69, 9.17) is 0 Å². The van der Waals surface area contributed by atoms with Gasteiger partial charge < -0.3 is 5.32 Å². The van der Waals surface area contributed by atoms with Gasteiger partial charge >= 0.3 is 0 Å². The lowest BCUT2D eigenvalue weighted by atomic mass is 10.2. The van der Waals surface area contributed by atoms with E-state index in [9.17, 15) is 13.2 Å². The summed E-state index contributed by atoms with van der Waals surface area (Å²) in [6.07, 6.45) is 1.44. The van der Waals surface area contributed by atoms with Gasteiger partial charge in [0.1, 0.15) is 0 Å². The molecule has 0 saturated heterocycles. The van der Waals surface area contributed by atoms with Crippen LogP contribution in [0.5, 0.6) is 0 Å².